The van der Waals surface area contributed by atoms with E-state index in [0.717, 1.165) is 25.7 Å². The molecule has 2 amide bonds. The van der Waals surface area contributed by atoms with Gasteiger partial charge in [0.25, 0.3) is 0 Å². The van der Waals surface area contributed by atoms with Gasteiger partial charge >= 0.3 is 6.03 Å². The molecule has 5 heteroatoms. The van der Waals surface area contributed by atoms with Crippen molar-refractivity contribution >= 4 is 6.03 Å². The highest BCUT2D eigenvalue weighted by atomic mass is 16.3. The summed E-state index contributed by atoms with van der Waals surface area (Å²) in [6.07, 6.45) is 5.27. The Kier molecular flexibility index (Phi) is 4.48. The molecule has 3 rings (SSSR count). The molecule has 0 bridgehead atoms. The van der Waals surface area contributed by atoms with Crippen LogP contribution in [0.3, 0.4) is 0 Å². The van der Waals surface area contributed by atoms with Gasteiger partial charge in [-0.15, -0.1) is 4.91 Å². The van der Waals surface area contributed by atoms with Crippen LogP contribution in [0.2, 0.25) is 0 Å². The third-order valence-electron chi connectivity index (χ3n) is 5.76. The van der Waals surface area contributed by atoms with Gasteiger partial charge in [0.2, 0.25) is 0 Å². The number of rotatable bonds is 5. The lowest BCUT2D eigenvalue weighted by Crippen LogP contribution is -2.61. The lowest BCUT2D eigenvalue weighted by molar-refractivity contribution is -0.0218. The molecule has 124 valence electrons. The zero-order chi connectivity index (χ0) is 16.4. The van der Waals surface area contributed by atoms with Crippen molar-refractivity contribution in [3.63, 3.8) is 0 Å². The fourth-order valence-corrected chi connectivity index (χ4v) is 3.94. The van der Waals surface area contributed by atoms with E-state index in [2.05, 4.69) is 48.4 Å². The van der Waals surface area contributed by atoms with Crippen LogP contribution in [0.5, 0.6) is 0 Å². The second-order valence-corrected chi connectivity index (χ2v) is 7.18. The van der Waals surface area contributed by atoms with Crippen molar-refractivity contribution in [1.82, 2.24) is 9.80 Å². The monoisotopic (exact) mass is 315 g/mol. The highest BCUT2D eigenvalue weighted by Gasteiger charge is 2.50. The van der Waals surface area contributed by atoms with Crippen molar-refractivity contribution in [2.24, 2.45) is 11.1 Å². The summed E-state index contributed by atoms with van der Waals surface area (Å²) < 4.78 is 0. The molecular weight excluding hydrogens is 290 g/mol. The van der Waals surface area contributed by atoms with Gasteiger partial charge in [-0.1, -0.05) is 36.8 Å². The van der Waals surface area contributed by atoms with Crippen LogP contribution in [-0.4, -0.2) is 42.5 Å². The van der Waals surface area contributed by atoms with Crippen LogP contribution >= 0.6 is 0 Å². The molecule has 0 radical (unpaired) electrons. The van der Waals surface area contributed by atoms with E-state index in [1.807, 2.05) is 6.07 Å². The van der Waals surface area contributed by atoms with E-state index in [9.17, 15) is 9.70 Å². The van der Waals surface area contributed by atoms with Crippen molar-refractivity contribution in [2.45, 2.75) is 43.7 Å². The molecule has 0 heterocycles. The van der Waals surface area contributed by atoms with Crippen LogP contribution in [0, 0.1) is 10.8 Å². The smallest absolute Gasteiger partial charge is 0.317 e. The van der Waals surface area contributed by atoms with Crippen molar-refractivity contribution in [3.8, 4) is 0 Å². The van der Waals surface area contributed by atoms with E-state index in [1.165, 1.54) is 12.0 Å². The summed E-state index contributed by atoms with van der Waals surface area (Å²) >= 11 is 0. The summed E-state index contributed by atoms with van der Waals surface area (Å²) in [6, 6.07) is 9.94. The van der Waals surface area contributed by atoms with Crippen LogP contribution in [-0.2, 0) is 5.54 Å². The minimum atomic E-state index is -0.595. The molecule has 23 heavy (non-hydrogen) atoms. The maximum Gasteiger partial charge on any atom is 0.381 e. The summed E-state index contributed by atoms with van der Waals surface area (Å²) in [7, 11) is 4.17. The van der Waals surface area contributed by atoms with Gasteiger partial charge < -0.3 is 4.90 Å². The first-order valence-corrected chi connectivity index (χ1v) is 8.44. The van der Waals surface area contributed by atoms with E-state index in [-0.39, 0.29) is 11.6 Å². The minimum Gasteiger partial charge on any atom is -0.317 e. The van der Waals surface area contributed by atoms with Gasteiger partial charge in [-0.25, -0.2) is 4.79 Å². The molecule has 2 saturated carbocycles. The molecule has 0 aliphatic heterocycles. The summed E-state index contributed by atoms with van der Waals surface area (Å²) in [5, 5.41) is 2.69. The van der Waals surface area contributed by atoms with Crippen LogP contribution in [0.25, 0.3) is 0 Å². The fraction of sp³-hybridized carbons (Fsp3) is 0.611. The summed E-state index contributed by atoms with van der Waals surface area (Å²) in [5.74, 6) is 0.548. The number of carbonyl (C=O) groups excluding carboxylic acids is 1. The molecule has 2 aliphatic carbocycles. The van der Waals surface area contributed by atoms with Gasteiger partial charge in [0, 0.05) is 23.3 Å². The fourth-order valence-electron chi connectivity index (χ4n) is 3.94. The van der Waals surface area contributed by atoms with Gasteiger partial charge in [0.1, 0.15) is 0 Å². The Morgan fingerprint density at radius 1 is 1.22 bits per heavy atom. The number of amides is 2. The average Bonchev–Trinajstić information content (AvgIpc) is 2.47. The number of nitroso groups, excluding NO2 is 1. The van der Waals surface area contributed by atoms with Crippen molar-refractivity contribution in [1.29, 1.82) is 0 Å². The Labute approximate surface area is 137 Å². The molecular formula is C18H25N3O2. The SMILES string of the molecule is CN(C)[C@]1(c2ccccc2)C[C@H](N(CC2CCC2)C(=O)N=O)C1. The van der Waals surface area contributed by atoms with Gasteiger partial charge in [0.05, 0.1) is 0 Å². The predicted molar refractivity (Wildman–Crippen MR) is 90.1 cm³/mol. The zero-order valence-electron chi connectivity index (χ0n) is 13.9. The molecule has 2 fully saturated rings. The molecule has 2 aliphatic rings. The first kappa shape index (κ1) is 16.1. The molecule has 1 aromatic rings. The Hall–Kier alpha value is -1.75. The largest absolute Gasteiger partial charge is 0.381 e. The van der Waals surface area contributed by atoms with Crippen LogP contribution in [0.1, 0.15) is 37.7 Å². The Balaban J connectivity index is 1.75. The van der Waals surface area contributed by atoms with Crippen molar-refractivity contribution in [2.75, 3.05) is 20.6 Å². The molecule has 0 unspecified atom stereocenters. The first-order valence-electron chi connectivity index (χ1n) is 8.44. The van der Waals surface area contributed by atoms with Crippen molar-refractivity contribution in [3.05, 3.63) is 40.8 Å². The topological polar surface area (TPSA) is 53.0 Å². The molecule has 0 atom stereocenters. The number of nitrogens with zero attached hydrogens (tertiary/aromatic N) is 3. The lowest BCUT2D eigenvalue weighted by atomic mass is 9.66. The molecule has 0 N–H and O–H groups in total. The van der Waals surface area contributed by atoms with E-state index >= 15 is 0 Å². The zero-order valence-corrected chi connectivity index (χ0v) is 13.9. The quantitative estimate of drug-likeness (QED) is 0.780. The maximum absolute atomic E-state index is 12.0. The Morgan fingerprint density at radius 3 is 2.35 bits per heavy atom. The highest BCUT2D eigenvalue weighted by molar-refractivity contribution is 5.75. The normalized spacial score (nSPS) is 27.2. The predicted octanol–water partition coefficient (Wildman–Crippen LogP) is 3.59. The van der Waals surface area contributed by atoms with Crippen LogP contribution < -0.4 is 0 Å². The van der Waals surface area contributed by atoms with Gasteiger partial charge in [0.15, 0.2) is 0 Å². The number of urea groups is 1. The van der Waals surface area contributed by atoms with E-state index in [4.69, 9.17) is 0 Å². The van der Waals surface area contributed by atoms with E-state index in [0.29, 0.717) is 12.5 Å². The lowest BCUT2D eigenvalue weighted by Gasteiger charge is -2.55. The highest BCUT2D eigenvalue weighted by Crippen LogP contribution is 2.48. The van der Waals surface area contributed by atoms with Gasteiger partial charge in [-0.05, 0) is 51.3 Å². The van der Waals surface area contributed by atoms with E-state index < -0.39 is 6.03 Å². The van der Waals surface area contributed by atoms with E-state index in [1.54, 1.807) is 4.90 Å². The number of hydrogen-bond acceptors (Lipinski definition) is 3. The van der Waals surface area contributed by atoms with Gasteiger partial charge in [-0.2, -0.15) is 0 Å². The molecule has 0 spiro atoms. The second kappa shape index (κ2) is 6.40. The Morgan fingerprint density at radius 2 is 1.87 bits per heavy atom. The summed E-state index contributed by atoms with van der Waals surface area (Å²) in [5.41, 5.74) is 1.23. The van der Waals surface area contributed by atoms with Crippen LogP contribution in [0.15, 0.2) is 35.5 Å². The third kappa shape index (κ3) is 2.90. The Bertz CT molecular complexity index is 563. The average molecular weight is 315 g/mol. The maximum atomic E-state index is 12.0. The minimum absolute atomic E-state index is 0.0487. The third-order valence-corrected chi connectivity index (χ3v) is 5.76. The van der Waals surface area contributed by atoms with Crippen LogP contribution in [0.4, 0.5) is 4.79 Å². The molecule has 0 saturated heterocycles. The number of benzene rings is 1. The number of carbonyl (C=O) groups is 1. The molecule has 5 nitrogen and oxygen atoms in total. The first-order chi connectivity index (χ1) is 11.1. The second-order valence-electron chi connectivity index (χ2n) is 7.18. The number of hydrogen-bond donors (Lipinski definition) is 0. The molecule has 0 aromatic heterocycles. The summed E-state index contributed by atoms with van der Waals surface area (Å²) in [4.78, 5) is 26.7. The van der Waals surface area contributed by atoms with Gasteiger partial charge in [-0.3, -0.25) is 4.90 Å². The standard InChI is InChI=1S/C18H25N3O2/c1-20(2)18(15-9-4-3-5-10-15)11-16(12-18)21(17(22)19-23)13-14-7-6-8-14/h3-5,9-10,14,16H,6-8,11-13H2,1-2H3/t16-,18+. The van der Waals surface area contributed by atoms with Crippen molar-refractivity contribution < 1.29 is 4.79 Å². The summed E-state index contributed by atoms with van der Waals surface area (Å²) in [6.45, 7) is 0.688. The molecule has 1 aromatic carbocycles.